The van der Waals surface area contributed by atoms with E-state index in [2.05, 4.69) is 22.3 Å². The van der Waals surface area contributed by atoms with Crippen molar-refractivity contribution in [2.75, 3.05) is 13.1 Å². The van der Waals surface area contributed by atoms with Crippen molar-refractivity contribution >= 4 is 24.2 Å². The van der Waals surface area contributed by atoms with E-state index in [1.165, 1.54) is 13.0 Å². The van der Waals surface area contributed by atoms with E-state index in [0.29, 0.717) is 23.4 Å². The van der Waals surface area contributed by atoms with E-state index in [9.17, 15) is 9.18 Å². The second kappa shape index (κ2) is 10.1. The molecule has 0 unspecified atom stereocenters. The summed E-state index contributed by atoms with van der Waals surface area (Å²) in [4.78, 5) is 15.4. The monoisotopic (exact) mass is 369 g/mol. The van der Waals surface area contributed by atoms with E-state index >= 15 is 0 Å². The summed E-state index contributed by atoms with van der Waals surface area (Å²) in [5.74, 6) is 0.786. The van der Waals surface area contributed by atoms with Crippen LogP contribution in [0.25, 0.3) is 0 Å². The minimum absolute atomic E-state index is 0.148. The Morgan fingerprint density at radius 1 is 1.40 bits per heavy atom. The zero-order valence-electron chi connectivity index (χ0n) is 15.0. The van der Waals surface area contributed by atoms with Crippen LogP contribution in [0, 0.1) is 11.8 Å². The Bertz CT molecular complexity index is 535. The Balaban J connectivity index is 1.74. The van der Waals surface area contributed by atoms with E-state index < -0.39 is 0 Å². The lowest BCUT2D eigenvalue weighted by Crippen LogP contribution is -2.43. The summed E-state index contributed by atoms with van der Waals surface area (Å²) in [6.07, 6.45) is 8.33. The molecule has 1 saturated heterocycles. The number of rotatable bonds is 7. The van der Waals surface area contributed by atoms with Gasteiger partial charge in [-0.05, 0) is 70.7 Å². The molecular weight excluding hydrogens is 341 g/mol. The first-order valence-corrected chi connectivity index (χ1v) is 9.57. The number of nitrogens with one attached hydrogen (secondary N) is 2. The van der Waals surface area contributed by atoms with Crippen LogP contribution in [-0.4, -0.2) is 31.8 Å². The van der Waals surface area contributed by atoms with Crippen LogP contribution in [-0.2, 0) is 4.79 Å². The van der Waals surface area contributed by atoms with Crippen LogP contribution in [0.4, 0.5) is 4.39 Å². The molecule has 25 heavy (non-hydrogen) atoms. The van der Waals surface area contributed by atoms with Gasteiger partial charge in [0.05, 0.1) is 16.6 Å². The van der Waals surface area contributed by atoms with E-state index in [1.54, 1.807) is 0 Å². The zero-order chi connectivity index (χ0) is 18.2. The Morgan fingerprint density at radius 2 is 2.12 bits per heavy atom. The van der Waals surface area contributed by atoms with E-state index in [-0.39, 0.29) is 17.7 Å². The average molecular weight is 370 g/mol. The third-order valence-corrected chi connectivity index (χ3v) is 5.51. The fourth-order valence-electron chi connectivity index (χ4n) is 3.82. The van der Waals surface area contributed by atoms with Crippen molar-refractivity contribution in [3.05, 3.63) is 22.6 Å². The summed E-state index contributed by atoms with van der Waals surface area (Å²) in [5.41, 5.74) is 0.725. The molecular formula is C19H29ClFN3O. The van der Waals surface area contributed by atoms with E-state index in [0.717, 1.165) is 57.3 Å². The van der Waals surface area contributed by atoms with Gasteiger partial charge >= 0.3 is 0 Å². The van der Waals surface area contributed by atoms with Crippen molar-refractivity contribution in [1.82, 2.24) is 10.6 Å². The topological polar surface area (TPSA) is 53.5 Å². The predicted molar refractivity (Wildman–Crippen MR) is 101 cm³/mol. The molecule has 4 nitrogen and oxygen atoms in total. The van der Waals surface area contributed by atoms with Gasteiger partial charge in [-0.25, -0.2) is 4.39 Å². The highest BCUT2D eigenvalue weighted by Crippen LogP contribution is 2.37. The van der Waals surface area contributed by atoms with Crippen LogP contribution in [0.3, 0.4) is 0 Å². The predicted octanol–water partition coefficient (Wildman–Crippen LogP) is 4.08. The van der Waals surface area contributed by atoms with Crippen LogP contribution >= 0.6 is 11.6 Å². The Kier molecular flexibility index (Phi) is 8.10. The molecule has 1 heterocycles. The maximum absolute atomic E-state index is 13.0. The number of allylic oxidation sites excluding steroid dienone is 4. The molecule has 2 N–H and O–H groups in total. The molecule has 0 aromatic rings. The van der Waals surface area contributed by atoms with Gasteiger partial charge in [0, 0.05) is 24.9 Å². The summed E-state index contributed by atoms with van der Waals surface area (Å²) in [6, 6.07) is 0.319. The molecule has 140 valence electrons. The Labute approximate surface area is 155 Å². The van der Waals surface area contributed by atoms with E-state index in [1.807, 2.05) is 0 Å². The smallest absolute Gasteiger partial charge is 0.221 e. The van der Waals surface area contributed by atoms with Gasteiger partial charge in [0.1, 0.15) is 0 Å². The van der Waals surface area contributed by atoms with Crippen molar-refractivity contribution in [3.8, 4) is 0 Å². The van der Waals surface area contributed by atoms with Gasteiger partial charge in [-0.3, -0.25) is 9.79 Å². The van der Waals surface area contributed by atoms with Gasteiger partial charge in [0.2, 0.25) is 5.91 Å². The number of nitrogens with zero attached hydrogens (tertiary/aromatic N) is 1. The minimum atomic E-state index is -0.317. The van der Waals surface area contributed by atoms with Crippen LogP contribution in [0.2, 0.25) is 0 Å². The first-order chi connectivity index (χ1) is 12.0. The number of carbonyl (C=O) groups excluding carboxylic acids is 1. The second-order valence-corrected chi connectivity index (χ2v) is 7.53. The lowest BCUT2D eigenvalue weighted by molar-refractivity contribution is -0.122. The molecule has 1 aliphatic heterocycles. The molecule has 0 bridgehead atoms. The Morgan fingerprint density at radius 3 is 2.72 bits per heavy atom. The van der Waals surface area contributed by atoms with Crippen molar-refractivity contribution in [2.24, 2.45) is 16.8 Å². The van der Waals surface area contributed by atoms with Gasteiger partial charge < -0.3 is 10.6 Å². The van der Waals surface area contributed by atoms with Crippen molar-refractivity contribution in [2.45, 2.75) is 57.9 Å². The average Bonchev–Trinajstić information content (AvgIpc) is 2.56. The highest BCUT2D eigenvalue weighted by atomic mass is 35.5. The van der Waals surface area contributed by atoms with Crippen molar-refractivity contribution in [1.29, 1.82) is 0 Å². The SMILES string of the molecule is C=N/C(=C(Cl)\C=C(/C)F)C1CCC(CCN[C@H]2CCNC(=O)C2)CC1. The molecule has 0 spiro atoms. The quantitative estimate of drug-likeness (QED) is 0.525. The standard InChI is InChI=1S/C19H29ClFN3O/c1-13(21)11-17(20)19(22-2)15-5-3-14(4-6-15)7-9-23-16-8-10-24-18(25)12-16/h11,14-16,23H,2-10,12H2,1H3,(H,24,25)/b13-11+,19-17+/t14?,15?,16-/m0/s1. The maximum Gasteiger partial charge on any atom is 0.221 e. The lowest BCUT2D eigenvalue weighted by Gasteiger charge is -2.30. The summed E-state index contributed by atoms with van der Waals surface area (Å²) in [6.45, 7) is 6.72. The summed E-state index contributed by atoms with van der Waals surface area (Å²) >= 11 is 6.18. The van der Waals surface area contributed by atoms with Crippen LogP contribution < -0.4 is 10.6 Å². The number of aliphatic imine (C=N–C) groups is 1. The molecule has 1 atom stereocenters. The summed E-state index contributed by atoms with van der Waals surface area (Å²) < 4.78 is 13.0. The molecule has 0 aromatic carbocycles. The Hall–Kier alpha value is -1.20. The highest BCUT2D eigenvalue weighted by Gasteiger charge is 2.25. The molecule has 2 fully saturated rings. The fraction of sp³-hybridized carbons (Fsp3) is 0.684. The largest absolute Gasteiger partial charge is 0.356 e. The number of carbonyl (C=O) groups is 1. The van der Waals surface area contributed by atoms with Gasteiger partial charge in [-0.1, -0.05) is 11.6 Å². The molecule has 1 aliphatic carbocycles. The summed E-state index contributed by atoms with van der Waals surface area (Å²) in [5, 5.41) is 6.74. The third kappa shape index (κ3) is 6.55. The number of halogens is 2. The lowest BCUT2D eigenvalue weighted by atomic mass is 9.79. The molecule has 0 radical (unpaired) electrons. The zero-order valence-corrected chi connectivity index (χ0v) is 15.7. The van der Waals surface area contributed by atoms with Crippen LogP contribution in [0.5, 0.6) is 0 Å². The van der Waals surface area contributed by atoms with E-state index in [4.69, 9.17) is 11.6 Å². The second-order valence-electron chi connectivity index (χ2n) is 7.12. The van der Waals surface area contributed by atoms with Crippen LogP contribution in [0.15, 0.2) is 27.6 Å². The number of amides is 1. The molecule has 1 amide bonds. The normalized spacial score (nSPS) is 29.0. The molecule has 1 saturated carbocycles. The van der Waals surface area contributed by atoms with Gasteiger partial charge in [0.25, 0.3) is 0 Å². The molecule has 6 heteroatoms. The molecule has 2 rings (SSSR count). The molecule has 0 aromatic heterocycles. The first kappa shape index (κ1) is 20.1. The van der Waals surface area contributed by atoms with Crippen molar-refractivity contribution in [3.63, 3.8) is 0 Å². The van der Waals surface area contributed by atoms with Crippen LogP contribution in [0.1, 0.15) is 51.9 Å². The van der Waals surface area contributed by atoms with Gasteiger partial charge in [-0.15, -0.1) is 0 Å². The van der Waals surface area contributed by atoms with Gasteiger partial charge in [0.15, 0.2) is 0 Å². The first-order valence-electron chi connectivity index (χ1n) is 9.20. The van der Waals surface area contributed by atoms with Crippen molar-refractivity contribution < 1.29 is 9.18 Å². The number of piperidine rings is 1. The minimum Gasteiger partial charge on any atom is -0.356 e. The third-order valence-electron chi connectivity index (χ3n) is 5.21. The highest BCUT2D eigenvalue weighted by molar-refractivity contribution is 6.31. The summed E-state index contributed by atoms with van der Waals surface area (Å²) in [7, 11) is 0. The number of hydrogen-bond donors (Lipinski definition) is 2. The maximum atomic E-state index is 13.0. The van der Waals surface area contributed by atoms with Gasteiger partial charge in [-0.2, -0.15) is 0 Å². The molecule has 2 aliphatic rings. The fourth-order valence-corrected chi connectivity index (χ4v) is 4.19. The number of hydrogen-bond acceptors (Lipinski definition) is 3.